The first kappa shape index (κ1) is 20.6. The standard InChI is InChI=1S/C24H27N5O2/c1-4-11-29-12-8-19(9-13-29)26-24-22-18(7-10-25-23(22)27-28-24)6-5-17-14-20(30-2)16-21(15-17)31-3/h4,7,10-11,14-16,19H,8-9,12-13H2,1-3H3,(H2,25,26,27,28). The first-order valence-electron chi connectivity index (χ1n) is 10.4. The van der Waals surface area contributed by atoms with Crippen molar-refractivity contribution in [3.8, 4) is 23.3 Å². The zero-order valence-electron chi connectivity index (χ0n) is 18.1. The largest absolute Gasteiger partial charge is 0.497 e. The Balaban J connectivity index is 1.60. The number of fused-ring (bicyclic) bond motifs is 1. The van der Waals surface area contributed by atoms with E-state index in [1.807, 2.05) is 24.3 Å². The average Bonchev–Trinajstić information content (AvgIpc) is 3.22. The molecule has 7 heteroatoms. The summed E-state index contributed by atoms with van der Waals surface area (Å²) in [6.45, 7) is 4.12. The van der Waals surface area contributed by atoms with Crippen LogP contribution < -0.4 is 14.8 Å². The summed E-state index contributed by atoms with van der Waals surface area (Å²) in [4.78, 5) is 6.77. The molecular weight excluding hydrogens is 390 g/mol. The Kier molecular flexibility index (Phi) is 6.27. The van der Waals surface area contributed by atoms with E-state index in [1.165, 1.54) is 0 Å². The number of H-pyrrole nitrogens is 1. The zero-order chi connectivity index (χ0) is 21.6. The summed E-state index contributed by atoms with van der Waals surface area (Å²) in [5, 5.41) is 12.0. The minimum absolute atomic E-state index is 0.372. The van der Waals surface area contributed by atoms with Gasteiger partial charge < -0.3 is 19.7 Å². The van der Waals surface area contributed by atoms with E-state index in [9.17, 15) is 0 Å². The van der Waals surface area contributed by atoms with E-state index >= 15 is 0 Å². The third kappa shape index (κ3) is 4.75. The molecule has 7 nitrogen and oxygen atoms in total. The summed E-state index contributed by atoms with van der Waals surface area (Å²) in [5.41, 5.74) is 2.41. The molecule has 3 heterocycles. The van der Waals surface area contributed by atoms with Crippen LogP contribution in [0.25, 0.3) is 11.0 Å². The summed E-state index contributed by atoms with van der Waals surface area (Å²) in [6, 6.07) is 7.90. The monoisotopic (exact) mass is 417 g/mol. The average molecular weight is 418 g/mol. The van der Waals surface area contributed by atoms with E-state index in [4.69, 9.17) is 9.47 Å². The molecule has 2 N–H and O–H groups in total. The molecule has 0 saturated carbocycles. The zero-order valence-corrected chi connectivity index (χ0v) is 18.1. The summed E-state index contributed by atoms with van der Waals surface area (Å²) < 4.78 is 10.7. The van der Waals surface area contributed by atoms with Gasteiger partial charge in [0.05, 0.1) is 19.6 Å². The lowest BCUT2D eigenvalue weighted by Gasteiger charge is -2.31. The first-order chi connectivity index (χ1) is 15.2. The number of hydrogen-bond donors (Lipinski definition) is 2. The molecule has 1 aliphatic rings. The number of methoxy groups -OCH3 is 2. The van der Waals surface area contributed by atoms with Gasteiger partial charge in [0.2, 0.25) is 0 Å². The topological polar surface area (TPSA) is 75.3 Å². The number of allylic oxidation sites excluding steroid dienone is 1. The number of aromatic amines is 1. The van der Waals surface area contributed by atoms with Gasteiger partial charge in [-0.15, -0.1) is 0 Å². The molecular formula is C24H27N5O2. The highest BCUT2D eigenvalue weighted by molar-refractivity contribution is 5.92. The van der Waals surface area contributed by atoms with Gasteiger partial charge in [-0.05, 0) is 44.2 Å². The third-order valence-electron chi connectivity index (χ3n) is 5.38. The van der Waals surface area contributed by atoms with Crippen molar-refractivity contribution in [3.63, 3.8) is 0 Å². The van der Waals surface area contributed by atoms with Gasteiger partial charge in [-0.25, -0.2) is 4.98 Å². The second-order valence-corrected chi connectivity index (χ2v) is 7.44. The summed E-state index contributed by atoms with van der Waals surface area (Å²) in [6.07, 6.45) is 8.11. The van der Waals surface area contributed by atoms with Crippen molar-refractivity contribution in [2.24, 2.45) is 0 Å². The fraction of sp³-hybridized carbons (Fsp3) is 0.333. The van der Waals surface area contributed by atoms with Crippen molar-refractivity contribution in [1.82, 2.24) is 20.1 Å². The van der Waals surface area contributed by atoms with Gasteiger partial charge in [0.1, 0.15) is 11.5 Å². The van der Waals surface area contributed by atoms with E-state index in [1.54, 1.807) is 20.4 Å². The molecule has 1 aliphatic heterocycles. The van der Waals surface area contributed by atoms with Gasteiger partial charge in [-0.3, -0.25) is 5.10 Å². The van der Waals surface area contributed by atoms with E-state index < -0.39 is 0 Å². The van der Waals surface area contributed by atoms with Crippen LogP contribution in [0.5, 0.6) is 11.5 Å². The number of nitrogens with one attached hydrogen (secondary N) is 2. The second kappa shape index (κ2) is 9.43. The maximum absolute atomic E-state index is 5.34. The Morgan fingerprint density at radius 1 is 1.13 bits per heavy atom. The molecule has 1 aromatic carbocycles. The highest BCUT2D eigenvalue weighted by atomic mass is 16.5. The lowest BCUT2D eigenvalue weighted by molar-refractivity contribution is 0.293. The predicted octanol–water partition coefficient (Wildman–Crippen LogP) is 3.78. The van der Waals surface area contributed by atoms with Crippen molar-refractivity contribution in [3.05, 3.63) is 53.9 Å². The quantitative estimate of drug-likeness (QED) is 0.616. The van der Waals surface area contributed by atoms with Crippen LogP contribution in [0, 0.1) is 11.8 Å². The normalized spacial score (nSPS) is 14.5. The fourth-order valence-electron chi connectivity index (χ4n) is 3.78. The molecule has 0 bridgehead atoms. The van der Waals surface area contributed by atoms with E-state index in [0.717, 1.165) is 53.9 Å². The number of anilines is 1. The fourth-order valence-corrected chi connectivity index (χ4v) is 3.78. The number of nitrogens with zero attached hydrogens (tertiary/aromatic N) is 3. The molecule has 0 unspecified atom stereocenters. The molecule has 0 radical (unpaired) electrons. The van der Waals surface area contributed by atoms with E-state index in [0.29, 0.717) is 17.5 Å². The number of aromatic nitrogens is 3. The molecule has 3 aromatic rings. The Labute approximate surface area is 182 Å². The van der Waals surface area contributed by atoms with Gasteiger partial charge in [-0.2, -0.15) is 5.10 Å². The van der Waals surface area contributed by atoms with Gasteiger partial charge >= 0.3 is 0 Å². The van der Waals surface area contributed by atoms with Crippen molar-refractivity contribution in [1.29, 1.82) is 0 Å². The van der Waals surface area contributed by atoms with Crippen LogP contribution in [0.15, 0.2) is 42.7 Å². The van der Waals surface area contributed by atoms with Crippen LogP contribution in [0.2, 0.25) is 0 Å². The Hall–Kier alpha value is -3.66. The SMILES string of the molecule is CC=CN1CCC(Nc2n[nH]c3nccc(C#Cc4cc(OC)cc(OC)c4)c23)CC1. The number of hydrogen-bond acceptors (Lipinski definition) is 6. The number of pyridine rings is 1. The Morgan fingerprint density at radius 2 is 1.87 bits per heavy atom. The van der Waals surface area contributed by atoms with Gasteiger partial charge in [0.25, 0.3) is 0 Å². The molecule has 31 heavy (non-hydrogen) atoms. The molecule has 0 atom stereocenters. The number of benzene rings is 1. The smallest absolute Gasteiger partial charge is 0.158 e. The first-order valence-corrected chi connectivity index (χ1v) is 10.4. The molecule has 160 valence electrons. The highest BCUT2D eigenvalue weighted by Crippen LogP contribution is 2.26. The highest BCUT2D eigenvalue weighted by Gasteiger charge is 2.19. The number of rotatable bonds is 5. The van der Waals surface area contributed by atoms with Crippen molar-refractivity contribution >= 4 is 16.9 Å². The van der Waals surface area contributed by atoms with Crippen LogP contribution in [0.3, 0.4) is 0 Å². The van der Waals surface area contributed by atoms with E-state index in [-0.39, 0.29) is 0 Å². The number of piperidine rings is 1. The lowest BCUT2D eigenvalue weighted by Crippen LogP contribution is -2.36. The minimum atomic E-state index is 0.372. The molecule has 0 amide bonds. The number of ether oxygens (including phenoxy) is 2. The van der Waals surface area contributed by atoms with Crippen LogP contribution in [0.1, 0.15) is 30.9 Å². The maximum atomic E-state index is 5.34. The Bertz CT molecular complexity index is 1110. The molecule has 1 fully saturated rings. The predicted molar refractivity (Wildman–Crippen MR) is 122 cm³/mol. The molecule has 0 spiro atoms. The number of likely N-dealkylation sites (tertiary alicyclic amines) is 1. The Morgan fingerprint density at radius 3 is 2.55 bits per heavy atom. The van der Waals surface area contributed by atoms with Gasteiger partial charge in [-0.1, -0.05) is 17.9 Å². The summed E-state index contributed by atoms with van der Waals surface area (Å²) >= 11 is 0. The minimum Gasteiger partial charge on any atom is -0.497 e. The van der Waals surface area contributed by atoms with Gasteiger partial charge in [0, 0.05) is 42.5 Å². The van der Waals surface area contributed by atoms with E-state index in [2.05, 4.69) is 56.4 Å². The third-order valence-corrected chi connectivity index (χ3v) is 5.38. The van der Waals surface area contributed by atoms with Crippen LogP contribution >= 0.6 is 0 Å². The van der Waals surface area contributed by atoms with Crippen molar-refractivity contribution < 1.29 is 9.47 Å². The summed E-state index contributed by atoms with van der Waals surface area (Å²) in [7, 11) is 3.26. The maximum Gasteiger partial charge on any atom is 0.158 e. The summed E-state index contributed by atoms with van der Waals surface area (Å²) in [5.74, 6) is 8.72. The van der Waals surface area contributed by atoms with Crippen LogP contribution in [0.4, 0.5) is 5.82 Å². The second-order valence-electron chi connectivity index (χ2n) is 7.44. The molecule has 4 rings (SSSR count). The van der Waals surface area contributed by atoms with Crippen LogP contribution in [-0.2, 0) is 0 Å². The molecule has 2 aromatic heterocycles. The lowest BCUT2D eigenvalue weighted by atomic mass is 10.0. The van der Waals surface area contributed by atoms with Gasteiger partial charge in [0.15, 0.2) is 11.5 Å². The molecule has 1 saturated heterocycles. The van der Waals surface area contributed by atoms with Crippen LogP contribution in [-0.4, -0.2) is 53.4 Å². The molecule has 0 aliphatic carbocycles. The van der Waals surface area contributed by atoms with Crippen molar-refractivity contribution in [2.75, 3.05) is 32.6 Å². The van der Waals surface area contributed by atoms with Crippen molar-refractivity contribution in [2.45, 2.75) is 25.8 Å².